The molecule has 32 heavy (non-hydrogen) atoms. The van der Waals surface area contributed by atoms with Gasteiger partial charge in [0.1, 0.15) is 24.6 Å². The number of nitrogens with one attached hydrogen (secondary N) is 1. The monoisotopic (exact) mass is 456 g/mol. The number of halogens is 2. The Morgan fingerprint density at radius 2 is 2.09 bits per heavy atom. The van der Waals surface area contributed by atoms with Crippen molar-refractivity contribution in [2.24, 2.45) is 0 Å². The standard InChI is InChI=1S/C22H22ClFN6O2/c1-12(24)18-10-32-22(31)30(18)19-7-8-25-21(28-19)27-13(2)20-17-5-3-14-9-15(23)4-6-16(14)29(17)11-26-20/h4,6-9,11-13,18H,3,5,10H2,1-2H3,(H,25,27,28)/t12-,13-,18+/m0/s1. The molecule has 0 radical (unpaired) electrons. The summed E-state index contributed by atoms with van der Waals surface area (Å²) in [5.74, 6) is 0.620. The van der Waals surface area contributed by atoms with E-state index in [0.717, 1.165) is 34.9 Å². The quantitative estimate of drug-likeness (QED) is 0.617. The molecule has 3 aromatic rings. The van der Waals surface area contributed by atoms with Crippen molar-refractivity contribution in [2.45, 2.75) is 44.9 Å². The molecular formula is C22H22ClFN6O2. The highest BCUT2D eigenvalue weighted by atomic mass is 35.5. The predicted octanol–water partition coefficient (Wildman–Crippen LogP) is 4.27. The fourth-order valence-electron chi connectivity index (χ4n) is 4.30. The lowest BCUT2D eigenvalue weighted by Gasteiger charge is -2.23. The van der Waals surface area contributed by atoms with E-state index in [0.29, 0.717) is 11.8 Å². The molecule has 166 valence electrons. The Balaban J connectivity index is 1.39. The number of aryl methyl sites for hydroxylation is 1. The van der Waals surface area contributed by atoms with Crippen LogP contribution in [0.1, 0.15) is 36.8 Å². The molecule has 8 nitrogen and oxygen atoms in total. The Labute approximate surface area is 189 Å². The first-order valence-electron chi connectivity index (χ1n) is 10.5. The van der Waals surface area contributed by atoms with Gasteiger partial charge in [0.15, 0.2) is 0 Å². The molecule has 0 bridgehead atoms. The topological polar surface area (TPSA) is 85.2 Å². The van der Waals surface area contributed by atoms with E-state index in [1.807, 2.05) is 31.5 Å². The van der Waals surface area contributed by atoms with E-state index in [9.17, 15) is 9.18 Å². The van der Waals surface area contributed by atoms with Gasteiger partial charge in [-0.15, -0.1) is 0 Å². The van der Waals surface area contributed by atoms with Crippen molar-refractivity contribution in [1.82, 2.24) is 19.5 Å². The number of benzene rings is 1. The maximum absolute atomic E-state index is 13.9. The Morgan fingerprint density at radius 3 is 2.91 bits per heavy atom. The van der Waals surface area contributed by atoms with Crippen LogP contribution in [0, 0.1) is 0 Å². The van der Waals surface area contributed by atoms with E-state index in [4.69, 9.17) is 16.3 Å². The van der Waals surface area contributed by atoms with Crippen LogP contribution >= 0.6 is 11.6 Å². The van der Waals surface area contributed by atoms with Crippen molar-refractivity contribution >= 4 is 29.5 Å². The van der Waals surface area contributed by atoms with Gasteiger partial charge in [-0.05, 0) is 56.5 Å². The minimum atomic E-state index is -1.25. The first kappa shape index (κ1) is 20.7. The van der Waals surface area contributed by atoms with E-state index >= 15 is 0 Å². The van der Waals surface area contributed by atoms with Gasteiger partial charge < -0.3 is 14.6 Å². The highest BCUT2D eigenvalue weighted by Crippen LogP contribution is 2.31. The lowest BCUT2D eigenvalue weighted by molar-refractivity contribution is 0.174. The van der Waals surface area contributed by atoms with Crippen LogP contribution in [0.15, 0.2) is 36.8 Å². The number of rotatable bonds is 5. The first-order valence-corrected chi connectivity index (χ1v) is 10.8. The summed E-state index contributed by atoms with van der Waals surface area (Å²) in [5.41, 5.74) is 4.29. The summed E-state index contributed by atoms with van der Waals surface area (Å²) < 4.78 is 21.1. The molecule has 10 heteroatoms. The SMILES string of the molecule is C[C@H](Nc1nccc(N2C(=O)OC[C@@H]2[C@H](C)F)n1)c1ncn2c1CCc1cc(Cl)ccc1-2. The van der Waals surface area contributed by atoms with Gasteiger partial charge in [-0.3, -0.25) is 4.90 Å². The molecule has 2 aliphatic heterocycles. The summed E-state index contributed by atoms with van der Waals surface area (Å²) in [4.78, 5) is 26.7. The molecule has 1 amide bonds. The van der Waals surface area contributed by atoms with E-state index < -0.39 is 18.3 Å². The minimum Gasteiger partial charge on any atom is -0.447 e. The number of anilines is 2. The van der Waals surface area contributed by atoms with Crippen LogP contribution in [0.4, 0.5) is 21.0 Å². The smallest absolute Gasteiger partial charge is 0.416 e. The number of fused-ring (bicyclic) bond motifs is 3. The molecule has 1 fully saturated rings. The number of amides is 1. The van der Waals surface area contributed by atoms with Gasteiger partial charge in [0, 0.05) is 16.9 Å². The number of hydrogen-bond donors (Lipinski definition) is 1. The Morgan fingerprint density at radius 1 is 1.25 bits per heavy atom. The van der Waals surface area contributed by atoms with Gasteiger partial charge in [-0.25, -0.2) is 19.2 Å². The summed E-state index contributed by atoms with van der Waals surface area (Å²) in [7, 11) is 0. The van der Waals surface area contributed by atoms with Crippen molar-refractivity contribution < 1.29 is 13.9 Å². The fraction of sp³-hybridized carbons (Fsp3) is 0.364. The summed E-state index contributed by atoms with van der Waals surface area (Å²) in [6.45, 7) is 3.37. The third-order valence-electron chi connectivity index (χ3n) is 5.91. The van der Waals surface area contributed by atoms with Crippen LogP contribution in [0.5, 0.6) is 0 Å². The Hall–Kier alpha value is -3.20. The number of hydrogen-bond acceptors (Lipinski definition) is 6. The molecular weight excluding hydrogens is 435 g/mol. The molecule has 4 heterocycles. The molecule has 0 spiro atoms. The second-order valence-corrected chi connectivity index (χ2v) is 8.45. The molecule has 0 aliphatic carbocycles. The molecule has 5 rings (SSSR count). The highest BCUT2D eigenvalue weighted by molar-refractivity contribution is 6.30. The number of nitrogens with zero attached hydrogens (tertiary/aromatic N) is 5. The summed E-state index contributed by atoms with van der Waals surface area (Å²) in [6.07, 6.45) is 3.21. The number of cyclic esters (lactones) is 1. The number of alkyl halides is 1. The number of aromatic nitrogens is 4. The number of carbonyl (C=O) groups is 1. The largest absolute Gasteiger partial charge is 0.447 e. The number of carbonyl (C=O) groups excluding carboxylic acids is 1. The van der Waals surface area contributed by atoms with Crippen molar-refractivity contribution in [3.8, 4) is 5.69 Å². The second kappa shape index (κ2) is 8.05. The summed E-state index contributed by atoms with van der Waals surface area (Å²) in [6, 6.07) is 6.56. The van der Waals surface area contributed by atoms with Crippen molar-refractivity contribution in [2.75, 3.05) is 16.8 Å². The Bertz CT molecular complexity index is 1180. The van der Waals surface area contributed by atoms with Crippen LogP contribution in [0.25, 0.3) is 5.69 Å². The lowest BCUT2D eigenvalue weighted by atomic mass is 9.99. The van der Waals surface area contributed by atoms with Gasteiger partial charge in [-0.2, -0.15) is 4.98 Å². The number of ether oxygens (including phenoxy) is 1. The maximum atomic E-state index is 13.9. The third kappa shape index (κ3) is 3.56. The van der Waals surface area contributed by atoms with Gasteiger partial charge in [0.05, 0.1) is 23.8 Å². The predicted molar refractivity (Wildman–Crippen MR) is 118 cm³/mol. The molecule has 3 atom stereocenters. The molecule has 0 unspecified atom stereocenters. The minimum absolute atomic E-state index is 0.00680. The van der Waals surface area contributed by atoms with E-state index in [-0.39, 0.29) is 12.6 Å². The molecule has 1 saturated heterocycles. The second-order valence-electron chi connectivity index (χ2n) is 8.02. The lowest BCUT2D eigenvalue weighted by Crippen LogP contribution is -2.39. The van der Waals surface area contributed by atoms with E-state index in [1.54, 1.807) is 6.07 Å². The molecule has 2 aliphatic rings. The fourth-order valence-corrected chi connectivity index (χ4v) is 4.49. The summed E-state index contributed by atoms with van der Waals surface area (Å²) >= 11 is 6.14. The number of imidazole rings is 1. The van der Waals surface area contributed by atoms with Crippen LogP contribution in [-0.4, -0.2) is 44.4 Å². The van der Waals surface area contributed by atoms with Gasteiger partial charge in [-0.1, -0.05) is 11.6 Å². The average Bonchev–Trinajstić information content (AvgIpc) is 3.37. The highest BCUT2D eigenvalue weighted by Gasteiger charge is 2.39. The molecule has 1 N–H and O–H groups in total. The van der Waals surface area contributed by atoms with E-state index in [1.165, 1.54) is 23.6 Å². The van der Waals surface area contributed by atoms with Crippen molar-refractivity contribution in [1.29, 1.82) is 0 Å². The van der Waals surface area contributed by atoms with Crippen molar-refractivity contribution in [3.05, 3.63) is 58.8 Å². The van der Waals surface area contributed by atoms with Crippen LogP contribution < -0.4 is 10.2 Å². The van der Waals surface area contributed by atoms with Gasteiger partial charge in [0.2, 0.25) is 5.95 Å². The Kier molecular flexibility index (Phi) is 5.21. The van der Waals surface area contributed by atoms with Crippen molar-refractivity contribution in [3.63, 3.8) is 0 Å². The zero-order valence-corrected chi connectivity index (χ0v) is 18.4. The normalized spacial score (nSPS) is 19.2. The van der Waals surface area contributed by atoms with E-state index in [2.05, 4.69) is 24.8 Å². The molecule has 1 aromatic carbocycles. The average molecular weight is 457 g/mol. The van der Waals surface area contributed by atoms with Gasteiger partial charge >= 0.3 is 6.09 Å². The zero-order valence-electron chi connectivity index (χ0n) is 17.6. The molecule has 2 aromatic heterocycles. The van der Waals surface area contributed by atoms with Crippen LogP contribution in [-0.2, 0) is 17.6 Å². The zero-order chi connectivity index (χ0) is 22.4. The summed E-state index contributed by atoms with van der Waals surface area (Å²) in [5, 5.41) is 3.99. The molecule has 0 saturated carbocycles. The van der Waals surface area contributed by atoms with Crippen LogP contribution in [0.2, 0.25) is 5.02 Å². The van der Waals surface area contributed by atoms with Gasteiger partial charge in [0.25, 0.3) is 0 Å². The third-order valence-corrected chi connectivity index (χ3v) is 6.15. The maximum Gasteiger partial charge on any atom is 0.416 e. The van der Waals surface area contributed by atoms with Crippen LogP contribution in [0.3, 0.4) is 0 Å². The first-order chi connectivity index (χ1) is 15.4.